The van der Waals surface area contributed by atoms with E-state index in [4.69, 9.17) is 9.47 Å². The van der Waals surface area contributed by atoms with Gasteiger partial charge >= 0.3 is 0 Å². The van der Waals surface area contributed by atoms with Gasteiger partial charge in [0.2, 0.25) is 0 Å². The summed E-state index contributed by atoms with van der Waals surface area (Å²) in [5.41, 5.74) is 0.774. The average molecular weight is 196 g/mol. The van der Waals surface area contributed by atoms with Crippen molar-refractivity contribution in [1.82, 2.24) is 0 Å². The van der Waals surface area contributed by atoms with E-state index in [0.717, 1.165) is 5.92 Å². The first kappa shape index (κ1) is 9.17. The van der Waals surface area contributed by atoms with Crippen molar-refractivity contribution in [3.05, 3.63) is 0 Å². The van der Waals surface area contributed by atoms with Crippen LogP contribution in [-0.4, -0.2) is 20.0 Å². The molecule has 4 atom stereocenters. The fourth-order valence-electron chi connectivity index (χ4n) is 5.11. The highest BCUT2D eigenvalue weighted by Crippen LogP contribution is 2.85. The van der Waals surface area contributed by atoms with Gasteiger partial charge in [-0.1, -0.05) is 13.8 Å². The van der Waals surface area contributed by atoms with Crippen LogP contribution in [0.1, 0.15) is 33.1 Å². The lowest BCUT2D eigenvalue weighted by Gasteiger charge is -2.77. The van der Waals surface area contributed by atoms with Crippen LogP contribution in [0, 0.1) is 22.7 Å². The van der Waals surface area contributed by atoms with Gasteiger partial charge < -0.3 is 9.47 Å². The first-order valence-corrected chi connectivity index (χ1v) is 5.67. The number of ether oxygens (including phenoxy) is 2. The molecule has 0 aromatic heterocycles. The maximum atomic E-state index is 5.73. The molecule has 0 aromatic carbocycles. The van der Waals surface area contributed by atoms with E-state index in [0.29, 0.717) is 11.3 Å². The zero-order valence-corrected chi connectivity index (χ0v) is 9.59. The second-order valence-corrected chi connectivity index (χ2v) is 5.71. The molecule has 3 aliphatic rings. The molecule has 0 N–H and O–H groups in total. The van der Waals surface area contributed by atoms with Crippen molar-refractivity contribution >= 4 is 0 Å². The Balaban J connectivity index is 2.06. The molecule has 14 heavy (non-hydrogen) atoms. The summed E-state index contributed by atoms with van der Waals surface area (Å²) in [5.74, 6) is 1.31. The van der Waals surface area contributed by atoms with Crippen molar-refractivity contribution in [1.29, 1.82) is 0 Å². The second-order valence-electron chi connectivity index (χ2n) is 5.71. The quantitative estimate of drug-likeness (QED) is 0.631. The zero-order valence-electron chi connectivity index (χ0n) is 9.59. The molecule has 2 heteroatoms. The summed E-state index contributed by atoms with van der Waals surface area (Å²) in [6.07, 6.45) is 3.96. The van der Waals surface area contributed by atoms with Gasteiger partial charge in [0.1, 0.15) is 0 Å². The third-order valence-corrected chi connectivity index (χ3v) is 6.11. The van der Waals surface area contributed by atoms with Gasteiger partial charge in [0.15, 0.2) is 5.79 Å². The zero-order chi connectivity index (χ0) is 10.2. The van der Waals surface area contributed by atoms with Crippen molar-refractivity contribution < 1.29 is 9.47 Å². The average Bonchev–Trinajstić information content (AvgIpc) is 2.34. The van der Waals surface area contributed by atoms with Gasteiger partial charge in [0.05, 0.1) is 0 Å². The monoisotopic (exact) mass is 196 g/mol. The van der Waals surface area contributed by atoms with Crippen LogP contribution in [0.3, 0.4) is 0 Å². The van der Waals surface area contributed by atoms with Gasteiger partial charge in [-0.2, -0.15) is 0 Å². The molecule has 0 heterocycles. The Hall–Kier alpha value is -0.0800. The SMILES string of the molecule is COC1(OC)C2C[C@H]3CC[C@@]1(C)C23C. The molecule has 0 saturated heterocycles. The lowest BCUT2D eigenvalue weighted by atomic mass is 9.32. The Morgan fingerprint density at radius 1 is 1.14 bits per heavy atom. The van der Waals surface area contributed by atoms with E-state index in [1.807, 2.05) is 0 Å². The lowest BCUT2D eigenvalue weighted by Crippen LogP contribution is -2.80. The Kier molecular flexibility index (Phi) is 1.44. The summed E-state index contributed by atoms with van der Waals surface area (Å²) in [7, 11) is 3.61. The summed E-state index contributed by atoms with van der Waals surface area (Å²) in [6, 6.07) is 0. The molecule has 2 nitrogen and oxygen atoms in total. The summed E-state index contributed by atoms with van der Waals surface area (Å²) in [5, 5.41) is 0. The van der Waals surface area contributed by atoms with Crippen molar-refractivity contribution in [2.75, 3.05) is 14.2 Å². The first-order chi connectivity index (χ1) is 6.57. The Morgan fingerprint density at radius 2 is 1.79 bits per heavy atom. The second kappa shape index (κ2) is 2.19. The topological polar surface area (TPSA) is 18.5 Å². The minimum atomic E-state index is -0.269. The third-order valence-electron chi connectivity index (χ3n) is 6.11. The van der Waals surface area contributed by atoms with Crippen LogP contribution in [0.25, 0.3) is 0 Å². The van der Waals surface area contributed by atoms with Crippen molar-refractivity contribution in [3.63, 3.8) is 0 Å². The number of hydrogen-bond acceptors (Lipinski definition) is 2. The summed E-state index contributed by atoms with van der Waals surface area (Å²) < 4.78 is 11.5. The van der Waals surface area contributed by atoms with E-state index in [2.05, 4.69) is 13.8 Å². The fraction of sp³-hybridized carbons (Fsp3) is 1.00. The van der Waals surface area contributed by atoms with E-state index < -0.39 is 0 Å². The van der Waals surface area contributed by atoms with E-state index in [1.54, 1.807) is 14.2 Å². The van der Waals surface area contributed by atoms with Crippen molar-refractivity contribution in [2.45, 2.75) is 38.9 Å². The van der Waals surface area contributed by atoms with Crippen molar-refractivity contribution in [2.24, 2.45) is 22.7 Å². The number of rotatable bonds is 2. The van der Waals surface area contributed by atoms with E-state index in [-0.39, 0.29) is 11.2 Å². The molecular weight excluding hydrogens is 176 g/mol. The predicted molar refractivity (Wildman–Crippen MR) is 53.8 cm³/mol. The smallest absolute Gasteiger partial charge is 0.176 e. The largest absolute Gasteiger partial charge is 0.352 e. The molecule has 3 saturated carbocycles. The number of methoxy groups -OCH3 is 2. The molecule has 3 fully saturated rings. The van der Waals surface area contributed by atoms with Gasteiger partial charge in [-0.05, 0) is 30.6 Å². The van der Waals surface area contributed by atoms with Gasteiger partial charge in [0, 0.05) is 25.6 Å². The highest BCUT2D eigenvalue weighted by Gasteiger charge is 2.86. The summed E-state index contributed by atoms with van der Waals surface area (Å²) >= 11 is 0. The van der Waals surface area contributed by atoms with Crippen LogP contribution in [0.15, 0.2) is 0 Å². The molecule has 0 aliphatic heterocycles. The highest BCUT2D eigenvalue weighted by molar-refractivity contribution is 5.30. The fourth-order valence-corrected chi connectivity index (χ4v) is 5.11. The van der Waals surface area contributed by atoms with E-state index in [1.165, 1.54) is 19.3 Å². The molecule has 2 unspecified atom stereocenters. The van der Waals surface area contributed by atoms with Gasteiger partial charge in [0.25, 0.3) is 0 Å². The summed E-state index contributed by atoms with van der Waals surface area (Å²) in [6.45, 7) is 4.80. The molecule has 0 amide bonds. The van der Waals surface area contributed by atoms with Crippen molar-refractivity contribution in [3.8, 4) is 0 Å². The summed E-state index contributed by atoms with van der Waals surface area (Å²) in [4.78, 5) is 0. The van der Waals surface area contributed by atoms with Crippen LogP contribution in [-0.2, 0) is 9.47 Å². The van der Waals surface area contributed by atoms with Crippen LogP contribution in [0.5, 0.6) is 0 Å². The third kappa shape index (κ3) is 0.527. The van der Waals surface area contributed by atoms with Gasteiger partial charge in [-0.15, -0.1) is 0 Å². The number of hydrogen-bond donors (Lipinski definition) is 0. The maximum Gasteiger partial charge on any atom is 0.176 e. The first-order valence-electron chi connectivity index (χ1n) is 5.67. The Labute approximate surface area is 86.0 Å². The highest BCUT2D eigenvalue weighted by atomic mass is 16.7. The van der Waals surface area contributed by atoms with Crippen LogP contribution in [0.4, 0.5) is 0 Å². The standard InChI is InChI=1S/C12H20O2/c1-10-6-5-8-7-9(11(8,10)2)12(10,13-3)14-4/h8-9H,5-7H2,1-4H3/t8-,9?,10+,11?/m1/s1. The van der Waals surface area contributed by atoms with E-state index in [9.17, 15) is 0 Å². The maximum absolute atomic E-state index is 5.73. The Bertz CT molecular complexity index is 284. The molecule has 80 valence electrons. The minimum absolute atomic E-state index is 0.261. The van der Waals surface area contributed by atoms with Crippen LogP contribution in [0.2, 0.25) is 0 Å². The molecule has 0 spiro atoms. The molecule has 0 aromatic rings. The molecule has 3 rings (SSSR count). The molecular formula is C12H20O2. The minimum Gasteiger partial charge on any atom is -0.352 e. The normalized spacial score (nSPS) is 57.4. The molecule has 0 radical (unpaired) electrons. The van der Waals surface area contributed by atoms with Crippen LogP contribution < -0.4 is 0 Å². The predicted octanol–water partition coefficient (Wildman–Crippen LogP) is 2.43. The van der Waals surface area contributed by atoms with E-state index >= 15 is 0 Å². The van der Waals surface area contributed by atoms with Gasteiger partial charge in [-0.25, -0.2) is 0 Å². The van der Waals surface area contributed by atoms with Crippen LogP contribution >= 0.6 is 0 Å². The van der Waals surface area contributed by atoms with Gasteiger partial charge in [-0.3, -0.25) is 0 Å². The lowest BCUT2D eigenvalue weighted by molar-refractivity contribution is -0.450. The molecule has 0 bridgehead atoms. The Morgan fingerprint density at radius 3 is 2.36 bits per heavy atom. The molecule has 3 aliphatic carbocycles.